The summed E-state index contributed by atoms with van der Waals surface area (Å²) < 4.78 is 26.1. The molecular formula is C4H9NO. The monoisotopic (exact) mass is 90.1 g/mol. The van der Waals surface area contributed by atoms with Crippen LogP contribution in [0.2, 0.25) is 1.41 Å². The highest BCUT2D eigenvalue weighted by Gasteiger charge is 1.92. The number of rotatable bonds is 0. The number of hydrogen-bond donors (Lipinski definition) is 1. The lowest BCUT2D eigenvalue weighted by Crippen LogP contribution is -2.30. The van der Waals surface area contributed by atoms with Gasteiger partial charge in [-0.2, -0.15) is 0 Å². The van der Waals surface area contributed by atoms with Crippen LogP contribution in [-0.2, 0) is 4.74 Å². The Labute approximate surface area is 41.8 Å². The summed E-state index contributed by atoms with van der Waals surface area (Å²) in [5.41, 5.74) is 0. The van der Waals surface area contributed by atoms with Crippen molar-refractivity contribution in [3.8, 4) is 0 Å². The second-order valence-corrected chi connectivity index (χ2v) is 1.09. The second kappa shape index (κ2) is 2.16. The summed E-state index contributed by atoms with van der Waals surface area (Å²) in [5, 5.41) is 0.913. The van der Waals surface area contributed by atoms with Crippen molar-refractivity contribution in [2.45, 2.75) is 0 Å². The third kappa shape index (κ3) is 0.954. The lowest BCUT2D eigenvalue weighted by Gasteiger charge is -2.10. The van der Waals surface area contributed by atoms with E-state index in [9.17, 15) is 0 Å². The molecule has 6 heavy (non-hydrogen) atoms. The van der Waals surface area contributed by atoms with E-state index in [0.717, 1.165) is 5.31 Å². The normalized spacial score (nSPS) is 43.0. The first kappa shape index (κ1) is 1.80. The first-order valence-corrected chi connectivity index (χ1v) is 1.97. The summed E-state index contributed by atoms with van der Waals surface area (Å²) in [7, 11) is 0. The van der Waals surface area contributed by atoms with E-state index in [1.54, 1.807) is 0 Å². The predicted molar refractivity (Wildman–Crippen MR) is 23.7 cm³/mol. The van der Waals surface area contributed by atoms with Crippen molar-refractivity contribution in [1.29, 1.82) is 0 Å². The van der Waals surface area contributed by atoms with Gasteiger partial charge in [0.2, 0.25) is 0 Å². The van der Waals surface area contributed by atoms with E-state index in [0.29, 0.717) is 13.2 Å². The topological polar surface area (TPSA) is 21.3 Å². The Morgan fingerprint density at radius 2 is 2.83 bits per heavy atom. The van der Waals surface area contributed by atoms with Crippen molar-refractivity contribution < 1.29 is 8.89 Å². The summed E-state index contributed by atoms with van der Waals surface area (Å²) in [6.07, 6.45) is 0. The van der Waals surface area contributed by atoms with Crippen LogP contribution in [0.4, 0.5) is 0 Å². The number of morpholine rings is 1. The summed E-state index contributed by atoms with van der Waals surface area (Å²) in [6, 6.07) is 0. The lowest BCUT2D eigenvalue weighted by molar-refractivity contribution is 0.109. The standard InChI is InChI=1S/C4H9NO/c1-3-6-4-2-5-1/h5H,1-4H2/i1D2/hD. The van der Waals surface area contributed by atoms with Crippen molar-refractivity contribution >= 4 is 0 Å². The molecule has 0 amide bonds. The van der Waals surface area contributed by atoms with Gasteiger partial charge in [-0.1, -0.05) is 0 Å². The van der Waals surface area contributed by atoms with Gasteiger partial charge in [-0.05, 0) is 0 Å². The number of hydrogen-bond acceptors (Lipinski definition) is 2. The minimum Gasteiger partial charge on any atom is -0.379 e. The van der Waals surface area contributed by atoms with Gasteiger partial charge in [0.15, 0.2) is 0 Å². The molecule has 0 atom stereocenters. The zero-order chi connectivity index (χ0) is 6.91. The minimum atomic E-state index is -1.59. The van der Waals surface area contributed by atoms with Gasteiger partial charge < -0.3 is 10.0 Å². The quantitative estimate of drug-likeness (QED) is 0.437. The molecule has 0 aliphatic carbocycles. The zero-order valence-corrected chi connectivity index (χ0v) is 3.48. The number of ether oxygens (including phenoxy) is 1. The maximum Gasteiger partial charge on any atom is 0.122 e. The highest BCUT2D eigenvalue weighted by molar-refractivity contribution is 4.49. The van der Waals surface area contributed by atoms with Crippen LogP contribution in [0.25, 0.3) is 0 Å². The van der Waals surface area contributed by atoms with Crippen LogP contribution >= 0.6 is 0 Å². The van der Waals surface area contributed by atoms with Crippen LogP contribution in [0.3, 0.4) is 0 Å². The van der Waals surface area contributed by atoms with E-state index < -0.39 is 6.50 Å². The lowest BCUT2D eigenvalue weighted by atomic mass is 10.5. The van der Waals surface area contributed by atoms with Crippen molar-refractivity contribution in [1.82, 2.24) is 5.31 Å². The Balaban J connectivity index is 2.49. The molecule has 1 heterocycles. The molecule has 0 aromatic carbocycles. The van der Waals surface area contributed by atoms with Crippen molar-refractivity contribution in [3.05, 3.63) is 0 Å². The molecule has 0 unspecified atom stereocenters. The van der Waals surface area contributed by atoms with Crippen LogP contribution in [-0.4, -0.2) is 26.3 Å². The molecule has 0 saturated carbocycles. The highest BCUT2D eigenvalue weighted by Crippen LogP contribution is 1.76. The smallest absolute Gasteiger partial charge is 0.122 e. The summed E-state index contributed by atoms with van der Waals surface area (Å²) >= 11 is 0. The SMILES string of the molecule is [2H]N1CCOCC1([2H])[2H]. The summed E-state index contributed by atoms with van der Waals surface area (Å²) in [5.74, 6) is 0. The average molecular weight is 90.1 g/mol. The predicted octanol–water partition coefficient (Wildman–Crippen LogP) is -0.394. The molecule has 2 heteroatoms. The van der Waals surface area contributed by atoms with E-state index in [1.165, 1.54) is 0 Å². The fourth-order valence-electron chi connectivity index (χ4n) is 0.353. The molecule has 0 aromatic rings. The largest absolute Gasteiger partial charge is 0.379 e. The Bertz CT molecular complexity index is 108. The van der Waals surface area contributed by atoms with Crippen LogP contribution < -0.4 is 5.31 Å². The maximum absolute atomic E-state index is 7.11. The van der Waals surface area contributed by atoms with Crippen LogP contribution in [0, 0.1) is 0 Å². The highest BCUT2D eigenvalue weighted by atomic mass is 16.5. The molecule has 0 spiro atoms. The Morgan fingerprint density at radius 3 is 3.33 bits per heavy atom. The maximum atomic E-state index is 7.11. The molecule has 1 saturated heterocycles. The van der Waals surface area contributed by atoms with Gasteiger partial charge in [0.05, 0.1) is 13.2 Å². The summed E-state index contributed by atoms with van der Waals surface area (Å²) in [4.78, 5) is 0. The van der Waals surface area contributed by atoms with Crippen molar-refractivity contribution in [3.63, 3.8) is 0 Å². The van der Waals surface area contributed by atoms with E-state index in [1.807, 2.05) is 0 Å². The molecule has 2 nitrogen and oxygen atoms in total. The van der Waals surface area contributed by atoms with Gasteiger partial charge in [0.1, 0.15) is 1.41 Å². The van der Waals surface area contributed by atoms with Crippen molar-refractivity contribution in [2.75, 3.05) is 26.3 Å². The third-order valence-electron chi connectivity index (χ3n) is 0.626. The number of nitrogens with one attached hydrogen (secondary N) is 1. The molecule has 1 aliphatic heterocycles. The Kier molecular flexibility index (Phi) is 0.648. The van der Waals surface area contributed by atoms with Gasteiger partial charge in [-0.3, -0.25) is 0 Å². The molecule has 0 aromatic heterocycles. The molecule has 1 rings (SSSR count). The molecule has 0 radical (unpaired) electrons. The van der Waals surface area contributed by atoms with E-state index in [4.69, 9.17) is 8.89 Å². The molecule has 1 fully saturated rings. The second-order valence-electron chi connectivity index (χ2n) is 1.09. The van der Waals surface area contributed by atoms with Crippen LogP contribution in [0.15, 0.2) is 0 Å². The van der Waals surface area contributed by atoms with Crippen molar-refractivity contribution in [2.24, 2.45) is 0 Å². The molecule has 0 bridgehead atoms. The van der Waals surface area contributed by atoms with Gasteiger partial charge in [0.25, 0.3) is 0 Å². The van der Waals surface area contributed by atoms with Crippen LogP contribution in [0.5, 0.6) is 0 Å². The van der Waals surface area contributed by atoms with Gasteiger partial charge in [-0.25, -0.2) is 0 Å². The average Bonchev–Trinajstić information content (AvgIpc) is 1.77. The third-order valence-corrected chi connectivity index (χ3v) is 0.626. The van der Waals surface area contributed by atoms with E-state index >= 15 is 0 Å². The van der Waals surface area contributed by atoms with E-state index in [-0.39, 0.29) is 6.61 Å². The van der Waals surface area contributed by atoms with Crippen LogP contribution in [0.1, 0.15) is 2.74 Å². The zero-order valence-electron chi connectivity index (χ0n) is 6.48. The molecular weight excluding hydrogens is 78.0 g/mol. The Hall–Kier alpha value is -0.0800. The summed E-state index contributed by atoms with van der Waals surface area (Å²) in [6.45, 7) is -0.759. The fraction of sp³-hybridized carbons (Fsp3) is 1.00. The van der Waals surface area contributed by atoms with E-state index in [2.05, 4.69) is 0 Å². The Morgan fingerprint density at radius 1 is 1.83 bits per heavy atom. The first-order chi connectivity index (χ1) is 4.13. The molecule has 1 N–H and O–H groups in total. The van der Waals surface area contributed by atoms with Gasteiger partial charge in [0, 0.05) is 15.8 Å². The molecule has 36 valence electrons. The minimum absolute atomic E-state index is 0.0104. The first-order valence-electron chi connectivity index (χ1n) is 3.42. The van der Waals surface area contributed by atoms with Gasteiger partial charge >= 0.3 is 0 Å². The van der Waals surface area contributed by atoms with Gasteiger partial charge in [-0.15, -0.1) is 0 Å². The molecule has 1 aliphatic rings. The fourth-order valence-corrected chi connectivity index (χ4v) is 0.353.